The number of carbonyl (C=O) groups is 1. The molecule has 0 saturated carbocycles. The van der Waals surface area contributed by atoms with E-state index in [0.717, 1.165) is 60.5 Å². The third-order valence-electron chi connectivity index (χ3n) is 8.39. The van der Waals surface area contributed by atoms with Gasteiger partial charge in [0.15, 0.2) is 0 Å². The van der Waals surface area contributed by atoms with Gasteiger partial charge in [-0.25, -0.2) is 4.57 Å². The first-order valence-corrected chi connectivity index (χ1v) is 16.1. The molecule has 1 aromatic heterocycles. The molecule has 5 aromatic rings. The standard InChI is InChI=1S/C38H37N3O4S/c1-39(21-11-18-37(42)43)35-23-28(29-14-8-9-15-30(29)41(35)25-26-12-6-5-7-13-26)24-36-40(2)31-20-19-27(22-34(31)46-36)38-32(44-3)16-10-17-33(38)45-4/h5-10,12-17,19-20,22-24H,11,18,21,25H2,1-4H3/p+1. The molecule has 0 aliphatic carbocycles. The normalized spacial score (nSPS) is 13.2. The summed E-state index contributed by atoms with van der Waals surface area (Å²) in [5.74, 6) is 1.80. The van der Waals surface area contributed by atoms with Crippen molar-refractivity contribution in [3.8, 4) is 22.6 Å². The second-order valence-electron chi connectivity index (χ2n) is 11.3. The molecule has 1 N–H and O–H groups in total. The van der Waals surface area contributed by atoms with Gasteiger partial charge in [0.1, 0.15) is 23.6 Å². The third kappa shape index (κ3) is 6.26. The van der Waals surface area contributed by atoms with Crippen molar-refractivity contribution in [1.82, 2.24) is 0 Å². The number of aromatic nitrogens is 1. The summed E-state index contributed by atoms with van der Waals surface area (Å²) in [6.07, 6.45) is 2.96. The first kappa shape index (κ1) is 31.0. The van der Waals surface area contributed by atoms with Crippen LogP contribution in [0.1, 0.15) is 24.0 Å². The van der Waals surface area contributed by atoms with E-state index in [2.05, 4.69) is 100 Å². The monoisotopic (exact) mass is 632 g/mol. The van der Waals surface area contributed by atoms with E-state index in [-0.39, 0.29) is 6.42 Å². The van der Waals surface area contributed by atoms with E-state index < -0.39 is 5.97 Å². The Labute approximate surface area is 274 Å². The molecule has 7 nitrogen and oxygen atoms in total. The molecule has 4 aromatic carbocycles. The highest BCUT2D eigenvalue weighted by atomic mass is 32.2. The van der Waals surface area contributed by atoms with Crippen LogP contribution in [0.5, 0.6) is 11.5 Å². The SMILES string of the molecule is COc1cccc(OC)c1-c1ccc2c(c1)SC(=Cc1cc(N(C)CCCC(=O)O)[n+](Cc3ccccc3)c3ccccc13)N2C. The minimum Gasteiger partial charge on any atom is -0.496 e. The lowest BCUT2D eigenvalue weighted by atomic mass is 10.0. The number of nitrogens with zero attached hydrogens (tertiary/aromatic N) is 3. The molecular formula is C38H38N3O4S+. The van der Waals surface area contributed by atoms with Crippen molar-refractivity contribution in [2.24, 2.45) is 0 Å². The van der Waals surface area contributed by atoms with Crippen LogP contribution in [-0.2, 0) is 11.3 Å². The summed E-state index contributed by atoms with van der Waals surface area (Å²) in [6.45, 7) is 1.33. The molecule has 0 radical (unpaired) electrons. The van der Waals surface area contributed by atoms with Gasteiger partial charge in [0.2, 0.25) is 0 Å². The number of carboxylic acid groups (broad SMARTS) is 1. The smallest absolute Gasteiger partial charge is 0.303 e. The second-order valence-corrected chi connectivity index (χ2v) is 12.4. The van der Waals surface area contributed by atoms with Crippen molar-refractivity contribution >= 4 is 46.2 Å². The fraction of sp³-hybridized carbons (Fsp3) is 0.211. The number of carboxylic acids is 1. The predicted octanol–water partition coefficient (Wildman–Crippen LogP) is 7.70. The van der Waals surface area contributed by atoms with Gasteiger partial charge < -0.3 is 19.5 Å². The molecule has 0 amide bonds. The van der Waals surface area contributed by atoms with Crippen molar-refractivity contribution in [3.05, 3.63) is 113 Å². The zero-order valence-electron chi connectivity index (χ0n) is 26.6. The summed E-state index contributed by atoms with van der Waals surface area (Å²) in [4.78, 5) is 16.9. The van der Waals surface area contributed by atoms with Crippen LogP contribution in [0.15, 0.2) is 107 Å². The molecule has 2 heterocycles. The van der Waals surface area contributed by atoms with Gasteiger partial charge in [-0.05, 0) is 59.5 Å². The first-order valence-electron chi connectivity index (χ1n) is 15.3. The highest BCUT2D eigenvalue weighted by molar-refractivity contribution is 8.03. The van der Waals surface area contributed by atoms with Gasteiger partial charge in [-0.1, -0.05) is 72.4 Å². The average Bonchev–Trinajstić information content (AvgIpc) is 3.39. The fourth-order valence-electron chi connectivity index (χ4n) is 6.04. The lowest BCUT2D eigenvalue weighted by Crippen LogP contribution is -2.42. The van der Waals surface area contributed by atoms with Crippen LogP contribution in [-0.4, -0.2) is 45.9 Å². The number of methoxy groups -OCH3 is 2. The maximum Gasteiger partial charge on any atom is 0.303 e. The molecule has 1 aliphatic heterocycles. The highest BCUT2D eigenvalue weighted by Crippen LogP contribution is 2.49. The van der Waals surface area contributed by atoms with Crippen molar-refractivity contribution < 1.29 is 23.9 Å². The largest absolute Gasteiger partial charge is 0.496 e. The van der Waals surface area contributed by atoms with Gasteiger partial charge in [0.25, 0.3) is 5.82 Å². The molecule has 0 bridgehead atoms. The minimum absolute atomic E-state index is 0.135. The number of ether oxygens (including phenoxy) is 2. The van der Waals surface area contributed by atoms with Crippen LogP contribution in [0.25, 0.3) is 28.1 Å². The highest BCUT2D eigenvalue weighted by Gasteiger charge is 2.26. The van der Waals surface area contributed by atoms with Gasteiger partial charge in [-0.15, -0.1) is 0 Å². The van der Waals surface area contributed by atoms with Gasteiger partial charge in [-0.2, -0.15) is 0 Å². The van der Waals surface area contributed by atoms with Crippen LogP contribution < -0.4 is 23.8 Å². The fourth-order valence-corrected chi connectivity index (χ4v) is 7.19. The molecule has 0 saturated heterocycles. The maximum absolute atomic E-state index is 11.3. The van der Waals surface area contributed by atoms with Crippen LogP contribution in [0.2, 0.25) is 0 Å². The molecule has 8 heteroatoms. The molecule has 234 valence electrons. The number of fused-ring (bicyclic) bond motifs is 2. The molecule has 0 fully saturated rings. The van der Waals surface area contributed by atoms with Gasteiger partial charge >= 0.3 is 5.97 Å². The zero-order valence-corrected chi connectivity index (χ0v) is 27.4. The zero-order chi connectivity index (χ0) is 32.2. The number of hydrogen-bond donors (Lipinski definition) is 1. The van der Waals surface area contributed by atoms with Gasteiger partial charge in [0, 0.05) is 29.8 Å². The van der Waals surface area contributed by atoms with Gasteiger partial charge in [0.05, 0.1) is 44.1 Å². The summed E-state index contributed by atoms with van der Waals surface area (Å²) >= 11 is 1.74. The van der Waals surface area contributed by atoms with Crippen LogP contribution >= 0.6 is 11.8 Å². The Hall–Kier alpha value is -4.95. The Bertz CT molecular complexity index is 1900. The second kappa shape index (κ2) is 13.6. The number of pyridine rings is 1. The lowest BCUT2D eigenvalue weighted by molar-refractivity contribution is -0.649. The summed E-state index contributed by atoms with van der Waals surface area (Å²) in [6, 6.07) is 33.5. The third-order valence-corrected chi connectivity index (χ3v) is 9.54. The predicted molar refractivity (Wildman–Crippen MR) is 187 cm³/mol. The Morgan fingerprint density at radius 1 is 0.935 bits per heavy atom. The van der Waals surface area contributed by atoms with E-state index in [1.54, 1.807) is 26.0 Å². The summed E-state index contributed by atoms with van der Waals surface area (Å²) < 4.78 is 13.7. The number of anilines is 2. The minimum atomic E-state index is -0.775. The molecule has 6 rings (SSSR count). The number of hydrogen-bond acceptors (Lipinski definition) is 6. The molecule has 0 atom stereocenters. The molecular weight excluding hydrogens is 595 g/mol. The van der Waals surface area contributed by atoms with E-state index in [4.69, 9.17) is 9.47 Å². The van der Waals surface area contributed by atoms with Crippen LogP contribution in [0.4, 0.5) is 11.5 Å². The van der Waals surface area contributed by atoms with E-state index in [0.29, 0.717) is 19.5 Å². The van der Waals surface area contributed by atoms with Crippen molar-refractivity contribution in [3.63, 3.8) is 0 Å². The number of para-hydroxylation sites is 1. The van der Waals surface area contributed by atoms with Gasteiger partial charge in [-0.3, -0.25) is 9.69 Å². The molecule has 0 unspecified atom stereocenters. The first-order chi connectivity index (χ1) is 22.4. The number of aliphatic carboxylic acids is 1. The quantitative estimate of drug-likeness (QED) is 0.150. The number of thioether (sulfide) groups is 1. The van der Waals surface area contributed by atoms with Crippen molar-refractivity contribution in [2.75, 3.05) is 44.7 Å². The summed E-state index contributed by atoms with van der Waals surface area (Å²) in [5.41, 5.74) is 6.53. The Morgan fingerprint density at radius 3 is 2.37 bits per heavy atom. The molecule has 46 heavy (non-hydrogen) atoms. The molecule has 0 spiro atoms. The van der Waals surface area contributed by atoms with Crippen LogP contribution in [0, 0.1) is 0 Å². The lowest BCUT2D eigenvalue weighted by Gasteiger charge is -2.19. The van der Waals surface area contributed by atoms with Crippen molar-refractivity contribution in [2.45, 2.75) is 24.3 Å². The van der Waals surface area contributed by atoms with E-state index in [9.17, 15) is 9.90 Å². The Morgan fingerprint density at radius 2 is 1.65 bits per heavy atom. The Balaban J connectivity index is 1.42. The van der Waals surface area contributed by atoms with E-state index in [1.807, 2.05) is 31.3 Å². The van der Waals surface area contributed by atoms with Crippen LogP contribution in [0.3, 0.4) is 0 Å². The topological polar surface area (TPSA) is 66.1 Å². The van der Waals surface area contributed by atoms with E-state index >= 15 is 0 Å². The summed E-state index contributed by atoms with van der Waals surface area (Å²) in [7, 11) is 7.51. The molecule has 1 aliphatic rings. The maximum atomic E-state index is 11.3. The van der Waals surface area contributed by atoms with E-state index in [1.165, 1.54) is 5.56 Å². The average molecular weight is 633 g/mol. The summed E-state index contributed by atoms with van der Waals surface area (Å²) in [5, 5.41) is 11.5. The Kier molecular flexibility index (Phi) is 9.17. The van der Waals surface area contributed by atoms with Crippen molar-refractivity contribution in [1.29, 1.82) is 0 Å². The number of rotatable bonds is 11. The number of benzene rings is 4.